The maximum Gasteiger partial charge on any atom is 0.315 e. The van der Waals surface area contributed by atoms with Gasteiger partial charge in [0.15, 0.2) is 11.5 Å². The Balaban J connectivity index is 2.64. The summed E-state index contributed by atoms with van der Waals surface area (Å²) >= 11 is 0. The maximum atomic E-state index is 13.6. The van der Waals surface area contributed by atoms with Gasteiger partial charge in [-0.1, -0.05) is 6.07 Å². The van der Waals surface area contributed by atoms with Crippen molar-refractivity contribution in [3.05, 3.63) is 63.2 Å². The second kappa shape index (κ2) is 5.76. The summed E-state index contributed by atoms with van der Waals surface area (Å²) in [6.07, 6.45) is 0. The third kappa shape index (κ3) is 2.58. The van der Waals surface area contributed by atoms with Crippen LogP contribution in [0.15, 0.2) is 30.3 Å². The Morgan fingerprint density at radius 2 is 1.86 bits per heavy atom. The van der Waals surface area contributed by atoms with Crippen molar-refractivity contribution < 1.29 is 28.3 Å². The molecule has 0 radical (unpaired) electrons. The predicted octanol–water partition coefficient (Wildman–Crippen LogP) is 2.82. The average molecular weight is 309 g/mol. The number of hydrogen-bond donors (Lipinski definition) is 1. The normalized spacial score (nSPS) is 10.3. The van der Waals surface area contributed by atoms with E-state index in [-0.39, 0.29) is 11.3 Å². The molecule has 2 aromatic carbocycles. The van der Waals surface area contributed by atoms with Crippen molar-refractivity contribution in [3.8, 4) is 11.5 Å². The Hall–Kier alpha value is -3.03. The molecular formula is C14H9F2NO5. The first-order chi connectivity index (χ1) is 10.4. The van der Waals surface area contributed by atoms with E-state index in [0.29, 0.717) is 0 Å². The van der Waals surface area contributed by atoms with Crippen LogP contribution < -0.4 is 4.74 Å². The molecule has 1 N–H and O–H groups in total. The van der Waals surface area contributed by atoms with Gasteiger partial charge in [-0.25, -0.2) is 8.78 Å². The zero-order valence-corrected chi connectivity index (χ0v) is 11.2. The summed E-state index contributed by atoms with van der Waals surface area (Å²) in [7, 11) is 1.12. The molecule has 2 rings (SSSR count). The number of nitro benzene ring substituents is 1. The van der Waals surface area contributed by atoms with Crippen LogP contribution in [0.2, 0.25) is 0 Å². The van der Waals surface area contributed by atoms with E-state index in [4.69, 9.17) is 4.74 Å². The summed E-state index contributed by atoms with van der Waals surface area (Å²) < 4.78 is 32.0. The Labute approximate surface area is 122 Å². The van der Waals surface area contributed by atoms with E-state index in [2.05, 4.69) is 0 Å². The Morgan fingerprint density at radius 3 is 2.36 bits per heavy atom. The summed E-state index contributed by atoms with van der Waals surface area (Å²) in [5, 5.41) is 20.5. The number of carbonyl (C=O) groups excluding carboxylic acids is 1. The number of nitro groups is 1. The number of ketones is 1. The van der Waals surface area contributed by atoms with E-state index in [1.165, 1.54) is 0 Å². The minimum absolute atomic E-state index is 0.353. The predicted molar refractivity (Wildman–Crippen MR) is 71.1 cm³/mol. The van der Waals surface area contributed by atoms with E-state index in [9.17, 15) is 28.8 Å². The maximum absolute atomic E-state index is 13.6. The number of hydrogen-bond acceptors (Lipinski definition) is 5. The number of phenols is 1. The largest absolute Gasteiger partial charge is 0.500 e. The molecule has 0 unspecified atom stereocenters. The van der Waals surface area contributed by atoms with Gasteiger partial charge in [0.25, 0.3) is 0 Å². The van der Waals surface area contributed by atoms with E-state index in [1.54, 1.807) is 0 Å². The first-order valence-corrected chi connectivity index (χ1v) is 5.91. The molecule has 22 heavy (non-hydrogen) atoms. The van der Waals surface area contributed by atoms with E-state index < -0.39 is 39.3 Å². The average Bonchev–Trinajstić information content (AvgIpc) is 2.46. The van der Waals surface area contributed by atoms with Gasteiger partial charge in [0.1, 0.15) is 11.6 Å². The summed E-state index contributed by atoms with van der Waals surface area (Å²) in [4.78, 5) is 22.1. The SMILES string of the molecule is COc1cc(C(=O)c2c(F)cccc2F)cc([N+](=O)[O-])c1O. The van der Waals surface area contributed by atoms with Crippen molar-refractivity contribution in [1.82, 2.24) is 0 Å². The quantitative estimate of drug-likeness (QED) is 0.533. The van der Waals surface area contributed by atoms with Gasteiger partial charge < -0.3 is 9.84 Å². The standard InChI is InChI=1S/C14H9F2NO5/c1-22-11-6-7(5-10(14(11)19)17(20)21)13(18)12-8(15)3-2-4-9(12)16/h2-6,19H,1H3. The molecule has 0 aliphatic rings. The number of ether oxygens (including phenoxy) is 1. The van der Waals surface area contributed by atoms with Crippen molar-refractivity contribution >= 4 is 11.5 Å². The van der Waals surface area contributed by atoms with Crippen molar-refractivity contribution in [2.24, 2.45) is 0 Å². The van der Waals surface area contributed by atoms with Crippen LogP contribution in [0.1, 0.15) is 15.9 Å². The molecule has 2 aromatic rings. The topological polar surface area (TPSA) is 89.7 Å². The molecule has 0 bridgehead atoms. The van der Waals surface area contributed by atoms with Crippen molar-refractivity contribution in [3.63, 3.8) is 0 Å². The highest BCUT2D eigenvalue weighted by Crippen LogP contribution is 2.37. The molecule has 0 saturated heterocycles. The van der Waals surface area contributed by atoms with Crippen LogP contribution in [-0.2, 0) is 0 Å². The van der Waals surface area contributed by atoms with Crippen LogP contribution in [0.25, 0.3) is 0 Å². The van der Waals surface area contributed by atoms with Crippen LogP contribution in [0.4, 0.5) is 14.5 Å². The molecular weight excluding hydrogens is 300 g/mol. The molecule has 0 aliphatic heterocycles. The number of aromatic hydroxyl groups is 1. The highest BCUT2D eigenvalue weighted by atomic mass is 19.1. The molecule has 114 valence electrons. The summed E-state index contributed by atoms with van der Waals surface area (Å²) in [5.74, 6) is -4.43. The van der Waals surface area contributed by atoms with E-state index in [1.807, 2.05) is 0 Å². The highest BCUT2D eigenvalue weighted by molar-refractivity contribution is 6.10. The lowest BCUT2D eigenvalue weighted by molar-refractivity contribution is -0.386. The van der Waals surface area contributed by atoms with Gasteiger partial charge in [-0.05, 0) is 18.2 Å². The molecule has 0 heterocycles. The second-order valence-electron chi connectivity index (χ2n) is 4.23. The van der Waals surface area contributed by atoms with Gasteiger partial charge in [-0.2, -0.15) is 0 Å². The number of halogens is 2. The van der Waals surface area contributed by atoms with Gasteiger partial charge in [0.2, 0.25) is 5.75 Å². The van der Waals surface area contributed by atoms with Crippen molar-refractivity contribution in [2.45, 2.75) is 0 Å². The zero-order valence-electron chi connectivity index (χ0n) is 11.2. The molecule has 0 aliphatic carbocycles. The summed E-state index contributed by atoms with van der Waals surface area (Å²) in [5.41, 5.74) is -2.03. The minimum atomic E-state index is -1.10. The molecule has 0 spiro atoms. The molecule has 0 aromatic heterocycles. The Kier molecular flexibility index (Phi) is 4.02. The molecule has 0 saturated carbocycles. The summed E-state index contributed by atoms with van der Waals surface area (Å²) in [6.45, 7) is 0. The monoisotopic (exact) mass is 309 g/mol. The number of carbonyl (C=O) groups is 1. The van der Waals surface area contributed by atoms with Crippen LogP contribution in [0.5, 0.6) is 11.5 Å². The molecule has 8 heteroatoms. The zero-order chi connectivity index (χ0) is 16.4. The fourth-order valence-electron chi connectivity index (χ4n) is 1.88. The molecule has 0 atom stereocenters. The number of benzene rings is 2. The highest BCUT2D eigenvalue weighted by Gasteiger charge is 2.25. The van der Waals surface area contributed by atoms with Gasteiger partial charge in [0, 0.05) is 11.6 Å². The van der Waals surface area contributed by atoms with Crippen molar-refractivity contribution in [1.29, 1.82) is 0 Å². The molecule has 0 fully saturated rings. The molecule has 6 nitrogen and oxygen atoms in total. The fourth-order valence-corrected chi connectivity index (χ4v) is 1.88. The van der Waals surface area contributed by atoms with Gasteiger partial charge in [-0.15, -0.1) is 0 Å². The first-order valence-electron chi connectivity index (χ1n) is 5.91. The lowest BCUT2D eigenvalue weighted by Gasteiger charge is -2.08. The number of rotatable bonds is 4. The van der Waals surface area contributed by atoms with Gasteiger partial charge in [-0.3, -0.25) is 14.9 Å². The van der Waals surface area contributed by atoms with E-state index >= 15 is 0 Å². The van der Waals surface area contributed by atoms with Crippen molar-refractivity contribution in [2.75, 3.05) is 7.11 Å². The third-order valence-electron chi connectivity index (χ3n) is 2.92. The van der Waals surface area contributed by atoms with E-state index in [0.717, 1.165) is 37.4 Å². The van der Waals surface area contributed by atoms with Crippen LogP contribution in [0, 0.1) is 21.7 Å². The number of nitrogens with zero attached hydrogens (tertiary/aromatic N) is 1. The number of methoxy groups -OCH3 is 1. The smallest absolute Gasteiger partial charge is 0.315 e. The Morgan fingerprint density at radius 1 is 1.27 bits per heavy atom. The van der Waals surface area contributed by atoms with Gasteiger partial charge >= 0.3 is 5.69 Å². The lowest BCUT2D eigenvalue weighted by atomic mass is 10.0. The van der Waals surface area contributed by atoms with Crippen LogP contribution in [-0.4, -0.2) is 22.9 Å². The fraction of sp³-hybridized carbons (Fsp3) is 0.0714. The number of phenolic OH excluding ortho intramolecular Hbond substituents is 1. The van der Waals surface area contributed by atoms with Crippen LogP contribution >= 0.6 is 0 Å². The summed E-state index contributed by atoms with van der Waals surface area (Å²) in [6, 6.07) is 4.56. The van der Waals surface area contributed by atoms with Crippen LogP contribution in [0.3, 0.4) is 0 Å². The lowest BCUT2D eigenvalue weighted by Crippen LogP contribution is -2.08. The minimum Gasteiger partial charge on any atom is -0.500 e. The second-order valence-corrected chi connectivity index (χ2v) is 4.23. The third-order valence-corrected chi connectivity index (χ3v) is 2.92. The Bertz CT molecular complexity index is 756. The van der Waals surface area contributed by atoms with Gasteiger partial charge in [0.05, 0.1) is 17.6 Å². The molecule has 0 amide bonds. The first kappa shape index (κ1) is 15.4.